The number of benzene rings is 3. The van der Waals surface area contributed by atoms with Gasteiger partial charge in [0.05, 0.1) is 12.4 Å². The van der Waals surface area contributed by atoms with Gasteiger partial charge in [-0.2, -0.15) is 0 Å². The molecule has 0 saturated heterocycles. The molecule has 256 valence electrons. The van der Waals surface area contributed by atoms with Crippen molar-refractivity contribution in [2.45, 2.75) is 91.1 Å². The average molecular weight is 652 g/mol. The van der Waals surface area contributed by atoms with Crippen molar-refractivity contribution in [2.75, 3.05) is 13.6 Å². The summed E-state index contributed by atoms with van der Waals surface area (Å²) >= 11 is 0. The van der Waals surface area contributed by atoms with Crippen molar-refractivity contribution in [3.63, 3.8) is 0 Å². The maximum absolute atomic E-state index is 14.0. The van der Waals surface area contributed by atoms with Crippen LogP contribution in [-0.4, -0.2) is 51.9 Å². The number of likely N-dealkylation sites (N-methyl/N-ethyl adjacent to an activating group) is 1. The molecule has 0 aliphatic rings. The Kier molecular flexibility index (Phi) is 13.4. The summed E-state index contributed by atoms with van der Waals surface area (Å²) in [6, 6.07) is 25.3. The minimum Gasteiger partial charge on any atom is -0.489 e. The summed E-state index contributed by atoms with van der Waals surface area (Å²) in [6.45, 7) is 13.2. The summed E-state index contributed by atoms with van der Waals surface area (Å²) in [6.07, 6.45) is 7.21. The number of aryl methyl sites for hydroxylation is 1. The lowest BCUT2D eigenvalue weighted by Gasteiger charge is -2.30. The van der Waals surface area contributed by atoms with Gasteiger partial charge in [-0.1, -0.05) is 101 Å². The zero-order chi connectivity index (χ0) is 34.5. The van der Waals surface area contributed by atoms with E-state index in [0.29, 0.717) is 38.5 Å². The van der Waals surface area contributed by atoms with Gasteiger partial charge < -0.3 is 19.9 Å². The third-order valence-electron chi connectivity index (χ3n) is 8.48. The average Bonchev–Trinajstić information content (AvgIpc) is 3.59. The van der Waals surface area contributed by atoms with E-state index < -0.39 is 12.1 Å². The molecule has 0 unspecified atom stereocenters. The number of carbonyl (C=O) groups excluding carboxylic acids is 2. The molecule has 0 radical (unpaired) electrons. The van der Waals surface area contributed by atoms with Gasteiger partial charge in [0.15, 0.2) is 0 Å². The van der Waals surface area contributed by atoms with E-state index in [1.807, 2.05) is 72.4 Å². The molecule has 0 fully saturated rings. The number of nitrogens with zero attached hydrogens (tertiary/aromatic N) is 3. The van der Waals surface area contributed by atoms with Gasteiger partial charge in [0, 0.05) is 38.4 Å². The number of amides is 2. The number of hydrogen-bond acceptors (Lipinski definition) is 5. The summed E-state index contributed by atoms with van der Waals surface area (Å²) in [5.74, 6) is 0.715. The third kappa shape index (κ3) is 11.7. The molecule has 2 atom stereocenters. The molecule has 48 heavy (non-hydrogen) atoms. The van der Waals surface area contributed by atoms with Gasteiger partial charge >= 0.3 is 0 Å². The van der Waals surface area contributed by atoms with Gasteiger partial charge in [-0.15, -0.1) is 0 Å². The molecule has 0 aliphatic heterocycles. The molecule has 1 aromatic heterocycles. The minimum atomic E-state index is -0.726. The Morgan fingerprint density at radius 1 is 0.896 bits per heavy atom. The van der Waals surface area contributed by atoms with E-state index in [1.54, 1.807) is 12.5 Å². The molecule has 2 amide bonds. The SMILES string of the molecule is CC(C)C[C@H](C(=O)N[C@@H](Cc1ccc(OCc2ccccc2)cc1)C(=O)NCCCn1ccnc1)N(C)Cc1ccc(C(C)(C)C)cc1. The molecule has 1 heterocycles. The van der Waals surface area contributed by atoms with Crippen LogP contribution in [0.1, 0.15) is 69.7 Å². The number of nitrogens with one attached hydrogen (secondary N) is 2. The van der Waals surface area contributed by atoms with E-state index in [4.69, 9.17) is 4.74 Å². The van der Waals surface area contributed by atoms with Gasteiger partial charge in [-0.05, 0) is 65.6 Å². The summed E-state index contributed by atoms with van der Waals surface area (Å²) < 4.78 is 7.95. The number of aromatic nitrogens is 2. The van der Waals surface area contributed by atoms with Crippen molar-refractivity contribution in [1.29, 1.82) is 0 Å². The quantitative estimate of drug-likeness (QED) is 0.127. The Morgan fingerprint density at radius 2 is 1.58 bits per heavy atom. The Balaban J connectivity index is 1.44. The first-order valence-corrected chi connectivity index (χ1v) is 17.1. The highest BCUT2D eigenvalue weighted by Gasteiger charge is 2.29. The van der Waals surface area contributed by atoms with Crippen LogP contribution >= 0.6 is 0 Å². The maximum atomic E-state index is 14.0. The third-order valence-corrected chi connectivity index (χ3v) is 8.48. The molecule has 0 saturated carbocycles. The standard InChI is InChI=1S/C40H53N5O3/c1-30(2)25-37(44(6)27-32-13-17-34(18-14-32)40(3,4)5)39(47)43-36(38(46)42-21-10-23-45-24-22-41-29-45)26-31-15-19-35(20-16-31)48-28-33-11-8-7-9-12-33/h7-9,11-20,22,24,29-30,36-37H,10,21,23,25-28H2,1-6H3,(H,42,46)(H,43,47)/t36-,37+/m0/s1. The van der Waals surface area contributed by atoms with E-state index in [2.05, 4.69) is 79.4 Å². The molecule has 0 aliphatic carbocycles. The molecule has 0 spiro atoms. The second-order valence-electron chi connectivity index (χ2n) is 14.1. The van der Waals surface area contributed by atoms with E-state index in [0.717, 1.165) is 35.4 Å². The van der Waals surface area contributed by atoms with Gasteiger partial charge in [-0.3, -0.25) is 14.5 Å². The normalized spacial score (nSPS) is 12.9. The van der Waals surface area contributed by atoms with Crippen LogP contribution in [0.4, 0.5) is 0 Å². The van der Waals surface area contributed by atoms with Crippen molar-refractivity contribution in [2.24, 2.45) is 5.92 Å². The Labute approximate surface area is 286 Å². The Bertz CT molecular complexity index is 1530. The molecule has 0 bridgehead atoms. The molecule has 2 N–H and O–H groups in total. The van der Waals surface area contributed by atoms with Crippen LogP contribution in [-0.2, 0) is 41.1 Å². The van der Waals surface area contributed by atoms with Crippen molar-refractivity contribution in [1.82, 2.24) is 25.1 Å². The van der Waals surface area contributed by atoms with E-state index in [9.17, 15) is 9.59 Å². The van der Waals surface area contributed by atoms with Crippen LogP contribution in [0.25, 0.3) is 0 Å². The Hall–Kier alpha value is -4.43. The molecule has 8 nitrogen and oxygen atoms in total. The summed E-state index contributed by atoms with van der Waals surface area (Å²) in [5.41, 5.74) is 4.54. The highest BCUT2D eigenvalue weighted by molar-refractivity contribution is 5.90. The summed E-state index contributed by atoms with van der Waals surface area (Å²) in [5, 5.41) is 6.20. The van der Waals surface area contributed by atoms with Crippen molar-refractivity contribution >= 4 is 11.8 Å². The monoisotopic (exact) mass is 651 g/mol. The van der Waals surface area contributed by atoms with Crippen LogP contribution in [0.3, 0.4) is 0 Å². The van der Waals surface area contributed by atoms with Gasteiger partial charge in [0.1, 0.15) is 18.4 Å². The molecule has 4 rings (SSSR count). The maximum Gasteiger partial charge on any atom is 0.242 e. The predicted molar refractivity (Wildman–Crippen MR) is 193 cm³/mol. The van der Waals surface area contributed by atoms with Crippen molar-refractivity contribution in [3.05, 3.63) is 120 Å². The second-order valence-corrected chi connectivity index (χ2v) is 14.1. The van der Waals surface area contributed by atoms with Crippen molar-refractivity contribution < 1.29 is 14.3 Å². The predicted octanol–water partition coefficient (Wildman–Crippen LogP) is 6.54. The zero-order valence-electron chi connectivity index (χ0n) is 29.5. The van der Waals surface area contributed by atoms with Crippen LogP contribution in [0.15, 0.2) is 97.6 Å². The minimum absolute atomic E-state index is 0.0784. The largest absolute Gasteiger partial charge is 0.489 e. The number of rotatable bonds is 17. The lowest BCUT2D eigenvalue weighted by molar-refractivity contribution is -0.132. The van der Waals surface area contributed by atoms with Crippen LogP contribution in [0.2, 0.25) is 0 Å². The van der Waals surface area contributed by atoms with E-state index in [1.165, 1.54) is 5.56 Å². The number of imidazole rings is 1. The highest BCUT2D eigenvalue weighted by Crippen LogP contribution is 2.23. The number of carbonyl (C=O) groups is 2. The van der Waals surface area contributed by atoms with Crippen LogP contribution < -0.4 is 15.4 Å². The molecular formula is C40H53N5O3. The lowest BCUT2D eigenvalue weighted by Crippen LogP contribution is -2.54. The lowest BCUT2D eigenvalue weighted by atomic mass is 9.86. The van der Waals surface area contributed by atoms with Gasteiger partial charge in [0.25, 0.3) is 0 Å². The van der Waals surface area contributed by atoms with Crippen LogP contribution in [0.5, 0.6) is 5.75 Å². The first kappa shape index (κ1) is 36.4. The molecule has 8 heteroatoms. The summed E-state index contributed by atoms with van der Waals surface area (Å²) in [7, 11) is 1.99. The van der Waals surface area contributed by atoms with E-state index in [-0.39, 0.29) is 17.2 Å². The fourth-order valence-corrected chi connectivity index (χ4v) is 5.63. The zero-order valence-corrected chi connectivity index (χ0v) is 29.5. The van der Waals surface area contributed by atoms with Gasteiger partial charge in [0.2, 0.25) is 11.8 Å². The molecular weight excluding hydrogens is 598 g/mol. The summed E-state index contributed by atoms with van der Waals surface area (Å²) in [4.78, 5) is 33.8. The fraction of sp³-hybridized carbons (Fsp3) is 0.425. The van der Waals surface area contributed by atoms with Gasteiger partial charge in [-0.25, -0.2) is 4.98 Å². The van der Waals surface area contributed by atoms with E-state index >= 15 is 0 Å². The number of ether oxygens (including phenoxy) is 1. The topological polar surface area (TPSA) is 88.5 Å². The first-order chi connectivity index (χ1) is 23.0. The fourth-order valence-electron chi connectivity index (χ4n) is 5.63. The second kappa shape index (κ2) is 17.6. The smallest absolute Gasteiger partial charge is 0.242 e. The highest BCUT2D eigenvalue weighted by atomic mass is 16.5. The van der Waals surface area contributed by atoms with Crippen molar-refractivity contribution in [3.8, 4) is 5.75 Å². The molecule has 3 aromatic carbocycles. The first-order valence-electron chi connectivity index (χ1n) is 17.1. The number of hydrogen-bond donors (Lipinski definition) is 2. The van der Waals surface area contributed by atoms with Crippen LogP contribution in [0, 0.1) is 5.92 Å². The Morgan fingerprint density at radius 3 is 2.21 bits per heavy atom. The molecule has 4 aromatic rings.